The Bertz CT molecular complexity index is 1860. The van der Waals surface area contributed by atoms with Gasteiger partial charge in [-0.2, -0.15) is 0 Å². The van der Waals surface area contributed by atoms with Crippen LogP contribution in [0.15, 0.2) is 48.6 Å². The minimum atomic E-state index is -0.245. The Balaban J connectivity index is 1.12. The number of anilines is 2. The summed E-state index contributed by atoms with van der Waals surface area (Å²) in [6.07, 6.45) is 18.8. The number of carbonyl (C=O) groups excluding carboxylic acids is 4. The minimum Gasteiger partial charge on any atom is -0.269 e. The van der Waals surface area contributed by atoms with Gasteiger partial charge in [0.1, 0.15) is 0 Å². The van der Waals surface area contributed by atoms with Crippen LogP contribution in [0.5, 0.6) is 0 Å². The Morgan fingerprint density at radius 2 is 0.833 bits per heavy atom. The molecule has 4 amide bonds. The van der Waals surface area contributed by atoms with Crippen molar-refractivity contribution in [3.63, 3.8) is 0 Å². The molecule has 8 bridgehead atoms. The van der Waals surface area contributed by atoms with Gasteiger partial charge in [-0.1, -0.05) is 24.3 Å². The highest BCUT2D eigenvalue weighted by atomic mass is 16.2. The van der Waals surface area contributed by atoms with E-state index in [0.29, 0.717) is 22.7 Å². The first-order valence-corrected chi connectivity index (χ1v) is 18.2. The van der Waals surface area contributed by atoms with Crippen LogP contribution in [0.2, 0.25) is 0 Å². The topological polar surface area (TPSA) is 74.8 Å². The van der Waals surface area contributed by atoms with E-state index < -0.39 is 0 Å². The molecule has 11 saturated carbocycles. The van der Waals surface area contributed by atoms with E-state index in [4.69, 9.17) is 0 Å². The normalized spacial score (nSPS) is 43.4. The zero-order valence-electron chi connectivity index (χ0n) is 28.4. The average molecular weight is 639 g/mol. The third-order valence-corrected chi connectivity index (χ3v) is 16.5. The summed E-state index contributed by atoms with van der Waals surface area (Å²) in [5.74, 6) is 0.242. The van der Waals surface area contributed by atoms with Gasteiger partial charge in [-0.15, -0.1) is 0 Å². The van der Waals surface area contributed by atoms with Gasteiger partial charge < -0.3 is 0 Å². The maximum atomic E-state index is 12.8. The molecule has 0 saturated heterocycles. The van der Waals surface area contributed by atoms with Crippen LogP contribution in [0.1, 0.15) is 97.6 Å². The molecule has 11 aliphatic carbocycles. The van der Waals surface area contributed by atoms with Gasteiger partial charge in [-0.25, -0.2) is 9.80 Å². The van der Waals surface area contributed by atoms with Crippen molar-refractivity contribution in [2.75, 3.05) is 9.80 Å². The van der Waals surface area contributed by atoms with Gasteiger partial charge in [-0.05, 0) is 159 Å². The van der Waals surface area contributed by atoms with E-state index in [1.807, 2.05) is 0 Å². The Kier molecular flexibility index (Phi) is 4.67. The second kappa shape index (κ2) is 7.98. The number of amides is 4. The Morgan fingerprint density at radius 3 is 1.17 bits per heavy atom. The lowest BCUT2D eigenvalue weighted by Gasteiger charge is -2.94. The molecule has 2 aliphatic heterocycles. The number of nitrogens with zero attached hydrogens (tertiary/aromatic N) is 2. The summed E-state index contributed by atoms with van der Waals surface area (Å²) in [5, 5.41) is 0. The zero-order valence-corrected chi connectivity index (χ0v) is 28.4. The molecule has 2 aromatic rings. The van der Waals surface area contributed by atoms with E-state index in [1.54, 1.807) is 0 Å². The lowest BCUT2D eigenvalue weighted by atomic mass is 9.09. The highest BCUT2D eigenvalue weighted by molar-refractivity contribution is 6.29. The van der Waals surface area contributed by atoms with Crippen molar-refractivity contribution in [3.8, 4) is 0 Å². The third kappa shape index (κ3) is 2.66. The second-order valence-electron chi connectivity index (χ2n) is 18.1. The number of hydrogen-bond acceptors (Lipinski definition) is 4. The number of carbonyl (C=O) groups is 4. The lowest BCUT2D eigenvalue weighted by Crippen LogP contribution is -2.89. The van der Waals surface area contributed by atoms with E-state index in [2.05, 4.69) is 52.0 Å². The highest BCUT2D eigenvalue weighted by Gasteiger charge is 2.92. The van der Waals surface area contributed by atoms with Gasteiger partial charge in [0.05, 0.1) is 11.4 Å². The summed E-state index contributed by atoms with van der Waals surface area (Å²) >= 11 is 0. The molecule has 11 fully saturated rings. The summed E-state index contributed by atoms with van der Waals surface area (Å²) < 4.78 is 0. The van der Waals surface area contributed by atoms with Crippen LogP contribution in [-0.4, -0.2) is 23.6 Å². The number of benzene rings is 2. The van der Waals surface area contributed by atoms with Gasteiger partial charge in [0.25, 0.3) is 23.6 Å². The quantitative estimate of drug-likeness (QED) is 0.334. The van der Waals surface area contributed by atoms with Crippen molar-refractivity contribution >= 4 is 35.0 Å². The molecule has 244 valence electrons. The second-order valence-corrected chi connectivity index (χ2v) is 18.1. The standard InChI is InChI=1S/C42H42N2O4/c1-23-13-27(14-24(2)35(23)43-31(45)5-6-32(43)46)41-21-37-9-11-39(41)19-38-10-12-40(20-37,29(41)17-38)42(22-38,30(39)18-37)28-15-25(3)36(26(4)16-28)44-33(47)7-8-34(44)48/h5-8,13-16,29-30H,9-12,17-22H2,1-4H3. The highest BCUT2D eigenvalue weighted by Crippen LogP contribution is 2.97. The third-order valence-electron chi connectivity index (χ3n) is 16.5. The molecule has 8 atom stereocenters. The molecule has 13 aliphatic rings. The average Bonchev–Trinajstić information content (AvgIpc) is 3.56. The maximum Gasteiger partial charge on any atom is 0.258 e. The Labute approximate surface area is 281 Å². The predicted octanol–water partition coefficient (Wildman–Crippen LogP) is 7.13. The lowest BCUT2D eigenvalue weighted by molar-refractivity contribution is -0.412. The smallest absolute Gasteiger partial charge is 0.258 e. The van der Waals surface area contributed by atoms with Crippen LogP contribution in [-0.2, 0) is 30.0 Å². The van der Waals surface area contributed by atoms with Crippen LogP contribution in [0.25, 0.3) is 0 Å². The zero-order chi connectivity index (χ0) is 33.0. The van der Waals surface area contributed by atoms with Crippen molar-refractivity contribution in [2.45, 2.75) is 103 Å². The number of aryl methyl sites for hydroxylation is 4. The fourth-order valence-electron chi connectivity index (χ4n) is 16.0. The van der Waals surface area contributed by atoms with E-state index in [-0.39, 0.29) is 45.3 Å². The first-order chi connectivity index (χ1) is 22.8. The van der Waals surface area contributed by atoms with Crippen molar-refractivity contribution < 1.29 is 19.2 Å². The predicted molar refractivity (Wildman–Crippen MR) is 181 cm³/mol. The molecule has 2 heterocycles. The first-order valence-electron chi connectivity index (χ1n) is 18.2. The molecule has 8 unspecified atom stereocenters. The molecular formula is C42H42N2O4. The van der Waals surface area contributed by atoms with E-state index in [0.717, 1.165) is 33.6 Å². The van der Waals surface area contributed by atoms with Gasteiger partial charge in [-0.3, -0.25) is 19.2 Å². The van der Waals surface area contributed by atoms with Gasteiger partial charge >= 0.3 is 0 Å². The van der Waals surface area contributed by atoms with Gasteiger partial charge in [0.2, 0.25) is 0 Å². The molecule has 0 aromatic heterocycles. The number of hydrogen-bond donors (Lipinski definition) is 0. The molecule has 2 aromatic carbocycles. The van der Waals surface area contributed by atoms with Crippen LogP contribution in [0.4, 0.5) is 11.4 Å². The van der Waals surface area contributed by atoms with E-state index in [9.17, 15) is 19.2 Å². The SMILES string of the molecule is Cc1cc(C23CC45CCC26CC27CCC(C4)(C3C2)C(c2cc(C)c(N3C(=O)C=CC3=O)c(C)c2)(C7)C6C5)cc(C)c1N1C(=O)C=CC1=O. The molecule has 48 heavy (non-hydrogen) atoms. The molecular weight excluding hydrogens is 596 g/mol. The molecule has 0 radical (unpaired) electrons. The fraction of sp³-hybridized carbons (Fsp3) is 0.524. The van der Waals surface area contributed by atoms with Crippen molar-refractivity contribution in [2.24, 2.45) is 33.5 Å². The van der Waals surface area contributed by atoms with Crippen LogP contribution in [0, 0.1) is 61.2 Å². The largest absolute Gasteiger partial charge is 0.269 e. The minimum absolute atomic E-state index is 0.121. The van der Waals surface area contributed by atoms with Crippen LogP contribution >= 0.6 is 0 Å². The van der Waals surface area contributed by atoms with E-state index in [1.165, 1.54) is 109 Å². The fourth-order valence-corrected chi connectivity index (χ4v) is 16.0. The molecule has 6 heteroatoms. The Hall–Kier alpha value is -3.80. The van der Waals surface area contributed by atoms with Crippen LogP contribution < -0.4 is 9.80 Å². The number of fused-ring (bicyclic) bond motifs is 2. The molecule has 6 nitrogen and oxygen atoms in total. The molecule has 15 rings (SSSR count). The van der Waals surface area contributed by atoms with Gasteiger partial charge in [0, 0.05) is 35.1 Å². The van der Waals surface area contributed by atoms with Crippen LogP contribution in [0.3, 0.4) is 0 Å². The first kappa shape index (κ1) is 28.1. The monoisotopic (exact) mass is 638 g/mol. The van der Waals surface area contributed by atoms with Crippen molar-refractivity contribution in [1.29, 1.82) is 0 Å². The summed E-state index contributed by atoms with van der Waals surface area (Å²) in [6.45, 7) is 8.43. The molecule has 0 N–H and O–H groups in total. The number of rotatable bonds is 4. The Morgan fingerprint density at radius 1 is 0.500 bits per heavy atom. The summed E-state index contributed by atoms with van der Waals surface area (Å²) in [7, 11) is 0. The van der Waals surface area contributed by atoms with Gasteiger partial charge in [0.15, 0.2) is 0 Å². The van der Waals surface area contributed by atoms with Crippen molar-refractivity contribution in [3.05, 3.63) is 82.0 Å². The summed E-state index contributed by atoms with van der Waals surface area (Å²) in [4.78, 5) is 54.0. The van der Waals surface area contributed by atoms with Crippen molar-refractivity contribution in [1.82, 2.24) is 0 Å². The molecule has 4 spiro atoms. The summed E-state index contributed by atoms with van der Waals surface area (Å²) in [6, 6.07) is 9.62. The number of imide groups is 2. The van der Waals surface area contributed by atoms with E-state index >= 15 is 0 Å². The summed E-state index contributed by atoms with van der Waals surface area (Å²) in [5.41, 5.74) is 10.1. The maximum absolute atomic E-state index is 12.8.